The molecule has 0 saturated heterocycles. The van der Waals surface area contributed by atoms with E-state index < -0.39 is 0 Å². The summed E-state index contributed by atoms with van der Waals surface area (Å²) in [7, 11) is 5.41. The number of carbonyl (C=O) groups excluding carboxylic acids is 2. The molecule has 0 unspecified atom stereocenters. The van der Waals surface area contributed by atoms with E-state index in [1.54, 1.807) is 37.7 Å². The van der Waals surface area contributed by atoms with E-state index >= 15 is 0 Å². The van der Waals surface area contributed by atoms with Gasteiger partial charge in [-0.3, -0.25) is 14.6 Å². The number of halogens is 1. The topological polar surface area (TPSA) is 115 Å². The molecule has 2 heterocycles. The van der Waals surface area contributed by atoms with Crippen LogP contribution in [0.4, 0.5) is 27.5 Å². The average molecular weight is 595 g/mol. The number of nitrogens with one attached hydrogen (secondary N) is 3. The summed E-state index contributed by atoms with van der Waals surface area (Å²) in [6, 6.07) is 15.7. The van der Waals surface area contributed by atoms with Gasteiger partial charge in [-0.05, 0) is 63.0 Å². The zero-order valence-electron chi connectivity index (χ0n) is 25.0. The SMILES string of the molecule is CN(C)C/C=C/C(=O)N(C)CC(=O)NCCCC#Cc1cnc(Nc2cccc(F)c2)nc1Nc1ccc2ncccc2c1. The second-order valence-corrected chi connectivity index (χ2v) is 10.2. The monoisotopic (exact) mass is 594 g/mol. The molecule has 2 aromatic heterocycles. The van der Waals surface area contributed by atoms with E-state index in [9.17, 15) is 14.0 Å². The molecule has 4 aromatic rings. The molecule has 0 spiro atoms. The number of aromatic nitrogens is 3. The van der Waals surface area contributed by atoms with Crippen LogP contribution >= 0.6 is 0 Å². The highest BCUT2D eigenvalue weighted by Gasteiger charge is 2.10. The van der Waals surface area contributed by atoms with Gasteiger partial charge >= 0.3 is 0 Å². The van der Waals surface area contributed by atoms with E-state index in [0.29, 0.717) is 43.0 Å². The van der Waals surface area contributed by atoms with Crippen molar-refractivity contribution in [2.24, 2.45) is 0 Å². The van der Waals surface area contributed by atoms with Gasteiger partial charge in [-0.1, -0.05) is 30.0 Å². The molecule has 0 radical (unpaired) electrons. The predicted octanol–water partition coefficient (Wildman–Crippen LogP) is 4.48. The number of carbonyl (C=O) groups is 2. The molecule has 0 bridgehead atoms. The lowest BCUT2D eigenvalue weighted by Crippen LogP contribution is -2.38. The summed E-state index contributed by atoms with van der Waals surface area (Å²) < 4.78 is 13.7. The predicted molar refractivity (Wildman–Crippen MR) is 171 cm³/mol. The molecule has 226 valence electrons. The van der Waals surface area contributed by atoms with Crippen molar-refractivity contribution >= 4 is 45.9 Å². The van der Waals surface area contributed by atoms with Crippen LogP contribution in [0.2, 0.25) is 0 Å². The van der Waals surface area contributed by atoms with Crippen molar-refractivity contribution in [1.29, 1.82) is 0 Å². The fourth-order valence-electron chi connectivity index (χ4n) is 4.02. The molecule has 4 rings (SSSR count). The van der Waals surface area contributed by atoms with Crippen LogP contribution in [0.5, 0.6) is 0 Å². The number of fused-ring (bicyclic) bond motifs is 1. The largest absolute Gasteiger partial charge is 0.355 e. The summed E-state index contributed by atoms with van der Waals surface area (Å²) in [5.41, 5.74) is 2.76. The van der Waals surface area contributed by atoms with Crippen LogP contribution in [0.25, 0.3) is 10.9 Å². The van der Waals surface area contributed by atoms with Crippen LogP contribution in [0, 0.1) is 17.7 Å². The number of anilines is 4. The highest BCUT2D eigenvalue weighted by atomic mass is 19.1. The number of likely N-dealkylation sites (N-methyl/N-ethyl adjacent to an activating group) is 2. The highest BCUT2D eigenvalue weighted by molar-refractivity contribution is 5.91. The van der Waals surface area contributed by atoms with E-state index in [0.717, 1.165) is 16.6 Å². The number of unbranched alkanes of at least 4 members (excludes halogenated alkanes) is 1. The Kier molecular flexibility index (Phi) is 11.3. The number of hydrogen-bond donors (Lipinski definition) is 3. The molecule has 0 aliphatic heterocycles. The van der Waals surface area contributed by atoms with E-state index in [-0.39, 0.29) is 30.1 Å². The first kappa shape index (κ1) is 31.6. The van der Waals surface area contributed by atoms with Gasteiger partial charge in [0, 0.05) is 55.6 Å². The summed E-state index contributed by atoms with van der Waals surface area (Å²) >= 11 is 0. The third kappa shape index (κ3) is 9.89. The fraction of sp³-hybridized carbons (Fsp3) is 0.242. The van der Waals surface area contributed by atoms with Crippen LogP contribution in [0.1, 0.15) is 18.4 Å². The zero-order valence-corrected chi connectivity index (χ0v) is 25.0. The first-order valence-corrected chi connectivity index (χ1v) is 14.1. The maximum atomic E-state index is 13.7. The molecule has 0 aliphatic carbocycles. The normalized spacial score (nSPS) is 10.8. The third-order valence-corrected chi connectivity index (χ3v) is 6.25. The maximum absolute atomic E-state index is 13.7. The maximum Gasteiger partial charge on any atom is 0.246 e. The van der Waals surface area contributed by atoms with Gasteiger partial charge in [0.2, 0.25) is 17.8 Å². The van der Waals surface area contributed by atoms with Gasteiger partial charge in [0.1, 0.15) is 5.82 Å². The smallest absolute Gasteiger partial charge is 0.246 e. The Morgan fingerprint density at radius 1 is 1.00 bits per heavy atom. The molecule has 44 heavy (non-hydrogen) atoms. The first-order valence-electron chi connectivity index (χ1n) is 14.1. The number of amides is 2. The molecule has 0 atom stereocenters. The quantitative estimate of drug-likeness (QED) is 0.125. The molecule has 0 fully saturated rings. The van der Waals surface area contributed by atoms with Crippen molar-refractivity contribution in [1.82, 2.24) is 30.1 Å². The van der Waals surface area contributed by atoms with E-state index in [4.69, 9.17) is 0 Å². The number of pyridine rings is 1. The Labute approximate surface area is 256 Å². The average Bonchev–Trinajstić information content (AvgIpc) is 2.99. The van der Waals surface area contributed by atoms with Gasteiger partial charge in [0.25, 0.3) is 0 Å². The van der Waals surface area contributed by atoms with Crippen LogP contribution in [-0.4, -0.2) is 77.3 Å². The summed E-state index contributed by atoms with van der Waals surface area (Å²) in [5.74, 6) is 6.17. The standard InChI is InChI=1S/C33H35FN8O2/c1-41(2)19-9-14-31(44)42(3)23-30(43)36-17-6-4-5-10-25-22-37-33(39-27-13-7-12-26(34)21-27)40-32(25)38-28-15-16-29-24(20-28)11-8-18-35-29/h7-9,11-16,18,20-22H,4,6,17,19,23H2,1-3H3,(H,36,43)(H2,37,38,39,40)/b14-9+. The lowest BCUT2D eigenvalue weighted by Gasteiger charge is -2.14. The third-order valence-electron chi connectivity index (χ3n) is 6.25. The summed E-state index contributed by atoms with van der Waals surface area (Å²) in [5, 5.41) is 10.1. The van der Waals surface area contributed by atoms with E-state index in [2.05, 4.69) is 42.7 Å². The number of hydrogen-bond acceptors (Lipinski definition) is 8. The first-order chi connectivity index (χ1) is 21.3. The number of nitrogens with zero attached hydrogens (tertiary/aromatic N) is 5. The number of rotatable bonds is 12. The van der Waals surface area contributed by atoms with Gasteiger partial charge in [-0.15, -0.1) is 0 Å². The van der Waals surface area contributed by atoms with Gasteiger partial charge in [0.15, 0.2) is 5.82 Å². The Morgan fingerprint density at radius 3 is 2.66 bits per heavy atom. The van der Waals surface area contributed by atoms with Crippen molar-refractivity contribution in [2.75, 3.05) is 51.4 Å². The lowest BCUT2D eigenvalue weighted by atomic mass is 10.2. The molecular weight excluding hydrogens is 559 g/mol. The van der Waals surface area contributed by atoms with Crippen LogP contribution in [0.3, 0.4) is 0 Å². The van der Waals surface area contributed by atoms with Crippen molar-refractivity contribution in [2.45, 2.75) is 12.8 Å². The molecule has 2 aromatic carbocycles. The Bertz CT molecular complexity index is 1700. The Morgan fingerprint density at radius 2 is 1.84 bits per heavy atom. The van der Waals surface area contributed by atoms with Crippen molar-refractivity contribution in [3.63, 3.8) is 0 Å². The zero-order chi connectivity index (χ0) is 31.3. The molecule has 2 amide bonds. The molecular formula is C33H35FN8O2. The lowest BCUT2D eigenvalue weighted by molar-refractivity contribution is -0.131. The summed E-state index contributed by atoms with van der Waals surface area (Å²) in [6.45, 7) is 1.05. The van der Waals surface area contributed by atoms with Crippen molar-refractivity contribution in [3.8, 4) is 11.8 Å². The van der Waals surface area contributed by atoms with Gasteiger partial charge in [-0.2, -0.15) is 4.98 Å². The van der Waals surface area contributed by atoms with E-state index in [1.165, 1.54) is 23.1 Å². The highest BCUT2D eigenvalue weighted by Crippen LogP contribution is 2.24. The minimum Gasteiger partial charge on any atom is -0.355 e. The molecule has 10 nitrogen and oxygen atoms in total. The van der Waals surface area contributed by atoms with Crippen LogP contribution < -0.4 is 16.0 Å². The number of benzene rings is 2. The van der Waals surface area contributed by atoms with Gasteiger partial charge in [-0.25, -0.2) is 9.37 Å². The van der Waals surface area contributed by atoms with Gasteiger partial charge < -0.3 is 25.8 Å². The van der Waals surface area contributed by atoms with Gasteiger partial charge in [0.05, 0.1) is 23.8 Å². The second kappa shape index (κ2) is 15.8. The second-order valence-electron chi connectivity index (χ2n) is 10.2. The summed E-state index contributed by atoms with van der Waals surface area (Å²) in [4.78, 5) is 41.0. The fourth-order valence-corrected chi connectivity index (χ4v) is 4.02. The molecule has 3 N–H and O–H groups in total. The molecule has 11 heteroatoms. The molecule has 0 aliphatic rings. The molecule has 0 saturated carbocycles. The van der Waals surface area contributed by atoms with Crippen LogP contribution in [-0.2, 0) is 9.59 Å². The van der Waals surface area contributed by atoms with Crippen LogP contribution in [0.15, 0.2) is 79.1 Å². The Balaban J connectivity index is 1.37. The minimum atomic E-state index is -0.370. The van der Waals surface area contributed by atoms with Crippen molar-refractivity contribution in [3.05, 3.63) is 90.5 Å². The van der Waals surface area contributed by atoms with E-state index in [1.807, 2.05) is 49.3 Å². The van der Waals surface area contributed by atoms with Crippen molar-refractivity contribution < 1.29 is 14.0 Å². The minimum absolute atomic E-state index is 0.0238. The summed E-state index contributed by atoms with van der Waals surface area (Å²) in [6.07, 6.45) is 7.72. The Hall–Kier alpha value is -5.34.